The smallest absolute Gasteiger partial charge is 0.253 e. The number of piperazine rings is 1. The number of benzene rings is 2. The van der Waals surface area contributed by atoms with Gasteiger partial charge in [-0.15, -0.1) is 0 Å². The lowest BCUT2D eigenvalue weighted by atomic mass is 10.2. The number of carbonyl (C=O) groups is 1. The topological polar surface area (TPSA) is 48.5 Å². The summed E-state index contributed by atoms with van der Waals surface area (Å²) in [4.78, 5) is 21.4. The molecule has 5 nitrogen and oxygen atoms in total. The highest BCUT2D eigenvalue weighted by Gasteiger charge is 2.18. The average molecular weight is 390 g/mol. The first-order valence-corrected chi connectivity index (χ1v) is 9.73. The van der Waals surface area contributed by atoms with E-state index in [2.05, 4.69) is 44.4 Å². The van der Waals surface area contributed by atoms with Crippen molar-refractivity contribution in [2.75, 3.05) is 36.0 Å². The molecular formula is C23H23FN4O. The van der Waals surface area contributed by atoms with E-state index in [-0.39, 0.29) is 11.7 Å². The van der Waals surface area contributed by atoms with Gasteiger partial charge < -0.3 is 15.1 Å². The molecule has 1 aromatic heterocycles. The number of nitrogens with zero attached hydrogens (tertiary/aromatic N) is 3. The van der Waals surface area contributed by atoms with E-state index < -0.39 is 0 Å². The second kappa shape index (κ2) is 8.73. The van der Waals surface area contributed by atoms with E-state index in [0.717, 1.165) is 37.6 Å². The number of rotatable bonds is 5. The Balaban J connectivity index is 1.31. The monoisotopic (exact) mass is 390 g/mol. The largest absolute Gasteiger partial charge is 0.368 e. The van der Waals surface area contributed by atoms with Crippen LogP contribution in [0.5, 0.6) is 0 Å². The third kappa shape index (κ3) is 4.71. The summed E-state index contributed by atoms with van der Waals surface area (Å²) in [6.45, 7) is 4.00. The van der Waals surface area contributed by atoms with Crippen LogP contribution in [0.4, 0.5) is 15.9 Å². The van der Waals surface area contributed by atoms with Gasteiger partial charge in [0.2, 0.25) is 0 Å². The van der Waals surface area contributed by atoms with Crippen molar-refractivity contribution in [3.8, 4) is 0 Å². The molecule has 1 N–H and O–H groups in total. The molecule has 0 radical (unpaired) electrons. The van der Waals surface area contributed by atoms with Crippen LogP contribution in [0.3, 0.4) is 0 Å². The Morgan fingerprint density at radius 1 is 0.897 bits per heavy atom. The molecule has 0 aliphatic carbocycles. The molecule has 1 saturated heterocycles. The highest BCUT2D eigenvalue weighted by atomic mass is 19.1. The summed E-state index contributed by atoms with van der Waals surface area (Å²) < 4.78 is 12.9. The zero-order chi connectivity index (χ0) is 20.1. The Morgan fingerprint density at radius 3 is 2.24 bits per heavy atom. The number of hydrogen-bond acceptors (Lipinski definition) is 4. The highest BCUT2D eigenvalue weighted by Crippen LogP contribution is 2.19. The van der Waals surface area contributed by atoms with Crippen molar-refractivity contribution in [3.05, 3.63) is 89.9 Å². The average Bonchev–Trinajstić information content (AvgIpc) is 2.79. The number of aromatic nitrogens is 1. The summed E-state index contributed by atoms with van der Waals surface area (Å²) in [6.07, 6.45) is 1.61. The van der Waals surface area contributed by atoms with E-state index in [9.17, 15) is 9.18 Å². The molecule has 0 saturated carbocycles. The van der Waals surface area contributed by atoms with Gasteiger partial charge in [-0.1, -0.05) is 30.3 Å². The molecular weight excluding hydrogens is 367 g/mol. The van der Waals surface area contributed by atoms with Crippen LogP contribution in [0.15, 0.2) is 72.9 Å². The Kier molecular flexibility index (Phi) is 5.70. The number of para-hydroxylation sites is 1. The minimum atomic E-state index is -0.288. The zero-order valence-corrected chi connectivity index (χ0v) is 16.1. The van der Waals surface area contributed by atoms with Crippen LogP contribution in [0.25, 0.3) is 0 Å². The summed E-state index contributed by atoms with van der Waals surface area (Å²) in [5.41, 5.74) is 2.60. The first-order chi connectivity index (χ1) is 14.2. The highest BCUT2D eigenvalue weighted by molar-refractivity contribution is 5.94. The van der Waals surface area contributed by atoms with Crippen LogP contribution in [0.2, 0.25) is 0 Å². The van der Waals surface area contributed by atoms with Gasteiger partial charge in [-0.05, 0) is 42.0 Å². The fourth-order valence-electron chi connectivity index (χ4n) is 3.43. The minimum absolute atomic E-state index is 0.192. The molecule has 2 heterocycles. The molecule has 6 heteroatoms. The van der Waals surface area contributed by atoms with Gasteiger partial charge in [-0.3, -0.25) is 4.79 Å². The van der Waals surface area contributed by atoms with Crippen LogP contribution < -0.4 is 15.1 Å². The molecule has 1 amide bonds. The molecule has 0 spiro atoms. The Hall–Kier alpha value is -3.41. The van der Waals surface area contributed by atoms with E-state index in [0.29, 0.717) is 12.1 Å². The summed E-state index contributed by atoms with van der Waals surface area (Å²) in [6, 6.07) is 20.2. The second-order valence-corrected chi connectivity index (χ2v) is 7.02. The van der Waals surface area contributed by atoms with Crippen molar-refractivity contribution >= 4 is 17.4 Å². The van der Waals surface area contributed by atoms with Gasteiger partial charge in [-0.2, -0.15) is 0 Å². The number of pyridine rings is 1. The Morgan fingerprint density at radius 2 is 1.59 bits per heavy atom. The van der Waals surface area contributed by atoms with Crippen LogP contribution in [0.1, 0.15) is 15.9 Å². The molecule has 2 aromatic carbocycles. The number of amides is 1. The van der Waals surface area contributed by atoms with Gasteiger partial charge in [-0.25, -0.2) is 9.37 Å². The molecule has 1 fully saturated rings. The SMILES string of the molecule is O=C(NCc1ccc(F)cc1)c1ccc(N2CCN(c3ccccc3)CC2)nc1. The maximum absolute atomic E-state index is 12.9. The maximum Gasteiger partial charge on any atom is 0.253 e. The van der Waals surface area contributed by atoms with Crippen molar-refractivity contribution in [2.24, 2.45) is 0 Å². The molecule has 3 aromatic rings. The van der Waals surface area contributed by atoms with Gasteiger partial charge in [0.25, 0.3) is 5.91 Å². The summed E-state index contributed by atoms with van der Waals surface area (Å²) in [7, 11) is 0. The fourth-order valence-corrected chi connectivity index (χ4v) is 3.43. The Bertz CT molecular complexity index is 937. The van der Waals surface area contributed by atoms with Crippen molar-refractivity contribution in [2.45, 2.75) is 6.54 Å². The van der Waals surface area contributed by atoms with Crippen LogP contribution in [-0.4, -0.2) is 37.1 Å². The van der Waals surface area contributed by atoms with Gasteiger partial charge in [0, 0.05) is 44.6 Å². The first-order valence-electron chi connectivity index (χ1n) is 9.73. The number of anilines is 2. The molecule has 148 valence electrons. The van der Waals surface area contributed by atoms with Crippen LogP contribution in [-0.2, 0) is 6.54 Å². The number of hydrogen-bond donors (Lipinski definition) is 1. The lowest BCUT2D eigenvalue weighted by Gasteiger charge is -2.36. The van der Waals surface area contributed by atoms with Crippen molar-refractivity contribution in [3.63, 3.8) is 0 Å². The predicted molar refractivity (Wildman–Crippen MR) is 113 cm³/mol. The van der Waals surface area contributed by atoms with Crippen molar-refractivity contribution in [1.29, 1.82) is 0 Å². The molecule has 4 rings (SSSR count). The number of nitrogens with one attached hydrogen (secondary N) is 1. The molecule has 1 aliphatic rings. The van der Waals surface area contributed by atoms with Crippen molar-refractivity contribution in [1.82, 2.24) is 10.3 Å². The van der Waals surface area contributed by atoms with E-state index in [4.69, 9.17) is 0 Å². The van der Waals surface area contributed by atoms with Gasteiger partial charge in [0.1, 0.15) is 11.6 Å². The molecule has 0 atom stereocenters. The normalized spacial score (nSPS) is 14.0. The van der Waals surface area contributed by atoms with Crippen LogP contribution >= 0.6 is 0 Å². The lowest BCUT2D eigenvalue weighted by molar-refractivity contribution is 0.0950. The first kappa shape index (κ1) is 18.9. The summed E-state index contributed by atoms with van der Waals surface area (Å²) in [5.74, 6) is 0.402. The quantitative estimate of drug-likeness (QED) is 0.725. The summed E-state index contributed by atoms with van der Waals surface area (Å²) in [5, 5.41) is 2.84. The number of halogens is 1. The number of carbonyl (C=O) groups excluding carboxylic acids is 1. The Labute approximate surface area is 169 Å². The van der Waals surface area contributed by atoms with E-state index in [1.165, 1.54) is 17.8 Å². The second-order valence-electron chi connectivity index (χ2n) is 7.02. The molecule has 29 heavy (non-hydrogen) atoms. The zero-order valence-electron chi connectivity index (χ0n) is 16.1. The van der Waals surface area contributed by atoms with Gasteiger partial charge in [0.15, 0.2) is 0 Å². The third-order valence-corrected chi connectivity index (χ3v) is 5.10. The molecule has 1 aliphatic heterocycles. The molecule has 0 unspecified atom stereocenters. The standard InChI is InChI=1S/C23H23FN4O/c24-20-9-6-18(7-10-20)16-26-23(29)19-8-11-22(25-17-19)28-14-12-27(13-15-28)21-4-2-1-3-5-21/h1-11,17H,12-16H2,(H,26,29). The minimum Gasteiger partial charge on any atom is -0.368 e. The van der Waals surface area contributed by atoms with Crippen molar-refractivity contribution < 1.29 is 9.18 Å². The third-order valence-electron chi connectivity index (χ3n) is 5.10. The summed E-state index contributed by atoms with van der Waals surface area (Å²) >= 11 is 0. The lowest BCUT2D eigenvalue weighted by Crippen LogP contribution is -2.46. The van der Waals surface area contributed by atoms with Crippen LogP contribution in [0, 0.1) is 5.82 Å². The maximum atomic E-state index is 12.9. The van der Waals surface area contributed by atoms with E-state index in [1.807, 2.05) is 12.1 Å². The van der Waals surface area contributed by atoms with Gasteiger partial charge in [0.05, 0.1) is 5.56 Å². The van der Waals surface area contributed by atoms with E-state index in [1.54, 1.807) is 24.4 Å². The fraction of sp³-hybridized carbons (Fsp3) is 0.217. The van der Waals surface area contributed by atoms with E-state index >= 15 is 0 Å². The van der Waals surface area contributed by atoms with Gasteiger partial charge >= 0.3 is 0 Å². The predicted octanol–water partition coefficient (Wildman–Crippen LogP) is 3.48. The molecule has 0 bridgehead atoms.